The molecule has 3 aromatic rings. The van der Waals surface area contributed by atoms with Gasteiger partial charge in [-0.15, -0.1) is 0 Å². The number of carbonyl (C=O) groups excluding carboxylic acids is 1. The zero-order chi connectivity index (χ0) is 26.7. The number of amides is 1. The summed E-state index contributed by atoms with van der Waals surface area (Å²) in [5, 5.41) is 12.1. The molecule has 0 unspecified atom stereocenters. The van der Waals surface area contributed by atoms with Crippen molar-refractivity contribution in [3.8, 4) is 11.5 Å². The van der Waals surface area contributed by atoms with Crippen LogP contribution in [-0.2, 0) is 42.8 Å². The Kier molecular flexibility index (Phi) is 9.75. The summed E-state index contributed by atoms with van der Waals surface area (Å²) >= 11 is 0. The van der Waals surface area contributed by atoms with Crippen LogP contribution in [0.25, 0.3) is 0 Å². The lowest BCUT2D eigenvalue weighted by Crippen LogP contribution is -2.37. The molecular formula is C29H36N4O5. The standard InChI is InChI=1S/C29H36N4O5/c1-32-15-14-30-27(32)21-38-25-9-5-23(6-10-25)18-33-19-24-17-22(8-12-29(35)36)7-11-26(24)37-16-4-2-3-13-31-28(34)20-33/h5-7,9-11,14-15,17H,2-4,8,12-13,16,18-21H2,1H3,(H,31,34)(H,35,36). The summed E-state index contributed by atoms with van der Waals surface area (Å²) in [5.41, 5.74) is 2.95. The van der Waals surface area contributed by atoms with Gasteiger partial charge in [0.25, 0.3) is 0 Å². The zero-order valence-electron chi connectivity index (χ0n) is 21.9. The van der Waals surface area contributed by atoms with Crippen molar-refractivity contribution in [2.24, 2.45) is 7.05 Å². The summed E-state index contributed by atoms with van der Waals surface area (Å²) in [6.07, 6.45) is 6.95. The Morgan fingerprint density at radius 1 is 1.11 bits per heavy atom. The predicted octanol–water partition coefficient (Wildman–Crippen LogP) is 3.70. The minimum Gasteiger partial charge on any atom is -0.493 e. The van der Waals surface area contributed by atoms with E-state index in [4.69, 9.17) is 14.6 Å². The fraction of sp³-hybridized carbons (Fsp3) is 0.414. The maximum absolute atomic E-state index is 12.7. The van der Waals surface area contributed by atoms with Gasteiger partial charge in [0, 0.05) is 51.1 Å². The van der Waals surface area contributed by atoms with Crippen LogP contribution in [-0.4, -0.2) is 51.1 Å². The van der Waals surface area contributed by atoms with Gasteiger partial charge in [-0.25, -0.2) is 4.98 Å². The van der Waals surface area contributed by atoms with Gasteiger partial charge in [0.2, 0.25) is 5.91 Å². The van der Waals surface area contributed by atoms with E-state index in [9.17, 15) is 9.59 Å². The minimum atomic E-state index is -0.823. The number of hydrogen-bond acceptors (Lipinski definition) is 6. The number of benzene rings is 2. The molecule has 2 N–H and O–H groups in total. The first-order valence-electron chi connectivity index (χ1n) is 13.1. The van der Waals surface area contributed by atoms with E-state index in [2.05, 4.69) is 15.2 Å². The second-order valence-electron chi connectivity index (χ2n) is 9.63. The highest BCUT2D eigenvalue weighted by molar-refractivity contribution is 5.78. The molecule has 0 saturated carbocycles. The van der Waals surface area contributed by atoms with Crippen molar-refractivity contribution < 1.29 is 24.2 Å². The Morgan fingerprint density at radius 2 is 1.92 bits per heavy atom. The Morgan fingerprint density at radius 3 is 2.68 bits per heavy atom. The topological polar surface area (TPSA) is 106 Å². The average molecular weight is 521 g/mol. The number of aryl methyl sites for hydroxylation is 2. The molecule has 38 heavy (non-hydrogen) atoms. The first-order valence-corrected chi connectivity index (χ1v) is 13.1. The number of imidazole rings is 1. The SMILES string of the molecule is Cn1ccnc1COc1ccc(CN2CC(=O)NCCCCCOc3ccc(CCC(=O)O)cc3C2)cc1. The molecule has 1 aliphatic heterocycles. The number of carboxylic acid groups (broad SMARTS) is 1. The van der Waals surface area contributed by atoms with Crippen molar-refractivity contribution in [2.45, 2.75) is 51.8 Å². The molecule has 0 aliphatic carbocycles. The maximum atomic E-state index is 12.7. The van der Waals surface area contributed by atoms with Crippen LogP contribution in [0.15, 0.2) is 54.9 Å². The number of rotatable bonds is 8. The number of fused-ring (bicyclic) bond motifs is 1. The monoisotopic (exact) mass is 520 g/mol. The number of hydrogen-bond donors (Lipinski definition) is 2. The van der Waals surface area contributed by atoms with Gasteiger partial charge in [-0.3, -0.25) is 14.5 Å². The van der Waals surface area contributed by atoms with Crippen molar-refractivity contribution >= 4 is 11.9 Å². The lowest BCUT2D eigenvalue weighted by molar-refractivity contribution is -0.137. The molecule has 4 rings (SSSR count). The number of carbonyl (C=O) groups is 2. The Labute approximate surface area is 223 Å². The Bertz CT molecular complexity index is 1210. The smallest absolute Gasteiger partial charge is 0.303 e. The zero-order valence-corrected chi connectivity index (χ0v) is 21.9. The molecule has 0 radical (unpaired) electrons. The van der Waals surface area contributed by atoms with Crippen LogP contribution >= 0.6 is 0 Å². The lowest BCUT2D eigenvalue weighted by atomic mass is 10.0. The van der Waals surface area contributed by atoms with Gasteiger partial charge in [0.05, 0.1) is 13.2 Å². The summed E-state index contributed by atoms with van der Waals surface area (Å²) in [5.74, 6) is 1.55. The number of aromatic nitrogens is 2. The van der Waals surface area contributed by atoms with Gasteiger partial charge >= 0.3 is 5.97 Å². The largest absolute Gasteiger partial charge is 0.493 e. The van der Waals surface area contributed by atoms with Crippen molar-refractivity contribution in [3.63, 3.8) is 0 Å². The summed E-state index contributed by atoms with van der Waals surface area (Å²) in [6.45, 7) is 2.95. The lowest BCUT2D eigenvalue weighted by Gasteiger charge is -2.24. The van der Waals surface area contributed by atoms with E-state index in [-0.39, 0.29) is 18.9 Å². The molecule has 1 amide bonds. The predicted molar refractivity (Wildman–Crippen MR) is 143 cm³/mol. The van der Waals surface area contributed by atoms with Gasteiger partial charge in [-0.05, 0) is 55.0 Å². The molecule has 1 aliphatic rings. The molecule has 2 aromatic carbocycles. The second-order valence-corrected chi connectivity index (χ2v) is 9.63. The van der Waals surface area contributed by atoms with E-state index in [0.717, 1.165) is 53.3 Å². The van der Waals surface area contributed by atoms with Crippen LogP contribution < -0.4 is 14.8 Å². The van der Waals surface area contributed by atoms with E-state index in [0.29, 0.717) is 39.3 Å². The third kappa shape index (κ3) is 8.34. The minimum absolute atomic E-state index is 0.0104. The molecule has 0 fully saturated rings. The number of nitrogens with zero attached hydrogens (tertiary/aromatic N) is 3. The summed E-state index contributed by atoms with van der Waals surface area (Å²) < 4.78 is 13.9. The molecule has 202 valence electrons. The molecule has 9 heteroatoms. The molecular weight excluding hydrogens is 484 g/mol. The first kappa shape index (κ1) is 27.2. The van der Waals surface area contributed by atoms with Crippen molar-refractivity contribution in [1.82, 2.24) is 19.8 Å². The molecule has 0 atom stereocenters. The molecule has 0 spiro atoms. The Hall–Kier alpha value is -3.85. The van der Waals surface area contributed by atoms with Crippen LogP contribution in [0, 0.1) is 0 Å². The van der Waals surface area contributed by atoms with Crippen LogP contribution in [0.4, 0.5) is 0 Å². The summed E-state index contributed by atoms with van der Waals surface area (Å²) in [4.78, 5) is 30.2. The van der Waals surface area contributed by atoms with Crippen LogP contribution in [0.3, 0.4) is 0 Å². The quantitative estimate of drug-likeness (QED) is 0.467. The third-order valence-electron chi connectivity index (χ3n) is 6.53. The number of ether oxygens (including phenoxy) is 2. The third-order valence-corrected chi connectivity index (χ3v) is 6.53. The van der Waals surface area contributed by atoms with Crippen molar-refractivity contribution in [2.75, 3.05) is 19.7 Å². The molecule has 1 aromatic heterocycles. The van der Waals surface area contributed by atoms with E-state index in [1.54, 1.807) is 6.20 Å². The van der Waals surface area contributed by atoms with Gasteiger partial charge in [0.15, 0.2) is 0 Å². The Balaban J connectivity index is 1.49. The first-order chi connectivity index (χ1) is 18.5. The normalized spacial score (nSPS) is 15.2. The van der Waals surface area contributed by atoms with E-state index < -0.39 is 5.97 Å². The molecule has 0 bridgehead atoms. The maximum Gasteiger partial charge on any atom is 0.303 e. The average Bonchev–Trinajstić information content (AvgIpc) is 3.31. The molecule has 0 saturated heterocycles. The van der Waals surface area contributed by atoms with Crippen molar-refractivity contribution in [3.05, 3.63) is 77.4 Å². The second kappa shape index (κ2) is 13.6. The number of aliphatic carboxylic acids is 1. The van der Waals surface area contributed by atoms with Gasteiger partial charge in [0.1, 0.15) is 23.9 Å². The fourth-order valence-corrected chi connectivity index (χ4v) is 4.42. The molecule has 9 nitrogen and oxygen atoms in total. The summed E-state index contributed by atoms with van der Waals surface area (Å²) in [6, 6.07) is 13.7. The van der Waals surface area contributed by atoms with Gasteiger partial charge < -0.3 is 24.5 Å². The van der Waals surface area contributed by atoms with Gasteiger partial charge in [-0.1, -0.05) is 24.3 Å². The van der Waals surface area contributed by atoms with Gasteiger partial charge in [-0.2, -0.15) is 0 Å². The van der Waals surface area contributed by atoms with Crippen LogP contribution in [0.1, 0.15) is 48.2 Å². The van der Waals surface area contributed by atoms with Crippen LogP contribution in [0.2, 0.25) is 0 Å². The molecule has 2 heterocycles. The van der Waals surface area contributed by atoms with E-state index >= 15 is 0 Å². The fourth-order valence-electron chi connectivity index (χ4n) is 4.42. The highest BCUT2D eigenvalue weighted by Gasteiger charge is 2.17. The van der Waals surface area contributed by atoms with E-state index in [1.807, 2.05) is 60.3 Å². The number of carboxylic acids is 1. The highest BCUT2D eigenvalue weighted by atomic mass is 16.5. The van der Waals surface area contributed by atoms with Crippen LogP contribution in [0.5, 0.6) is 11.5 Å². The highest BCUT2D eigenvalue weighted by Crippen LogP contribution is 2.25. The van der Waals surface area contributed by atoms with Crippen molar-refractivity contribution in [1.29, 1.82) is 0 Å². The van der Waals surface area contributed by atoms with E-state index in [1.165, 1.54) is 0 Å². The number of nitrogens with one attached hydrogen (secondary N) is 1. The summed E-state index contributed by atoms with van der Waals surface area (Å²) in [7, 11) is 1.93.